The third-order valence-electron chi connectivity index (χ3n) is 4.80. The van der Waals surface area contributed by atoms with E-state index in [0.717, 1.165) is 10.3 Å². The van der Waals surface area contributed by atoms with E-state index in [2.05, 4.69) is 15.8 Å². The van der Waals surface area contributed by atoms with E-state index in [1.807, 2.05) is 12.1 Å². The highest BCUT2D eigenvalue weighted by Gasteiger charge is 2.18. The minimum absolute atomic E-state index is 0.248. The SMILES string of the molecule is C/C(=N\NC(=O)c1sc2cccc(Cl)c2c1Cl)c1ccc(NC(=O)c2ccoc2C)cc1. The number of carbonyl (C=O) groups excluding carboxylic acids is 2. The van der Waals surface area contributed by atoms with Crippen molar-refractivity contribution in [3.05, 3.63) is 86.6 Å². The van der Waals surface area contributed by atoms with Gasteiger partial charge in [0, 0.05) is 15.8 Å². The van der Waals surface area contributed by atoms with Crippen LogP contribution in [0.4, 0.5) is 5.69 Å². The lowest BCUT2D eigenvalue weighted by Crippen LogP contribution is -2.18. The molecule has 0 spiro atoms. The predicted molar refractivity (Wildman–Crippen MR) is 129 cm³/mol. The number of hydrazone groups is 1. The van der Waals surface area contributed by atoms with Crippen LogP contribution in [0.2, 0.25) is 10.0 Å². The summed E-state index contributed by atoms with van der Waals surface area (Å²) in [5, 5.41) is 8.47. The normalized spacial score (nSPS) is 11.6. The van der Waals surface area contributed by atoms with E-state index in [1.54, 1.807) is 50.2 Å². The Bertz CT molecular complexity index is 1360. The molecule has 0 atom stereocenters. The first kappa shape index (κ1) is 22.1. The molecule has 2 aromatic heterocycles. The van der Waals surface area contributed by atoms with Crippen molar-refractivity contribution in [2.75, 3.05) is 5.32 Å². The van der Waals surface area contributed by atoms with Crippen LogP contribution in [0.5, 0.6) is 0 Å². The standard InChI is InChI=1S/C23H17Cl2N3O3S/c1-12(14-6-8-15(9-7-14)26-22(29)16-10-11-31-13(16)2)27-28-23(30)21-20(25)19-17(24)4-3-5-18(19)32-21/h3-11H,1-2H3,(H,26,29)(H,28,30)/b27-12+. The average molecular weight is 486 g/mol. The number of furan rings is 1. The second-order valence-electron chi connectivity index (χ2n) is 6.92. The number of fused-ring (bicyclic) bond motifs is 1. The highest BCUT2D eigenvalue weighted by Crippen LogP contribution is 2.39. The monoisotopic (exact) mass is 485 g/mol. The van der Waals surface area contributed by atoms with Gasteiger partial charge in [0.2, 0.25) is 0 Å². The Morgan fingerprint density at radius 2 is 1.78 bits per heavy atom. The molecule has 0 saturated carbocycles. The van der Waals surface area contributed by atoms with Gasteiger partial charge in [0.25, 0.3) is 11.8 Å². The number of halogens is 2. The van der Waals surface area contributed by atoms with Crippen LogP contribution in [-0.4, -0.2) is 17.5 Å². The van der Waals surface area contributed by atoms with Gasteiger partial charge < -0.3 is 9.73 Å². The molecule has 0 aliphatic heterocycles. The highest BCUT2D eigenvalue weighted by molar-refractivity contribution is 7.21. The van der Waals surface area contributed by atoms with Crippen molar-refractivity contribution in [3.63, 3.8) is 0 Å². The Kier molecular flexibility index (Phi) is 6.32. The number of benzene rings is 2. The fourth-order valence-electron chi connectivity index (χ4n) is 3.08. The van der Waals surface area contributed by atoms with Crippen LogP contribution in [0.25, 0.3) is 10.1 Å². The summed E-state index contributed by atoms with van der Waals surface area (Å²) in [5.41, 5.74) is 5.03. The first-order valence-corrected chi connectivity index (χ1v) is 11.1. The fraction of sp³-hybridized carbons (Fsp3) is 0.0870. The number of hydrogen-bond acceptors (Lipinski definition) is 5. The molecule has 4 rings (SSSR count). The Labute approximate surface area is 197 Å². The molecule has 0 radical (unpaired) electrons. The van der Waals surface area contributed by atoms with Crippen molar-refractivity contribution in [2.24, 2.45) is 5.10 Å². The van der Waals surface area contributed by atoms with Crippen LogP contribution in [0, 0.1) is 6.92 Å². The Morgan fingerprint density at radius 3 is 2.44 bits per heavy atom. The van der Waals surface area contributed by atoms with Crippen molar-refractivity contribution in [1.29, 1.82) is 0 Å². The van der Waals surface area contributed by atoms with E-state index < -0.39 is 5.91 Å². The van der Waals surface area contributed by atoms with Crippen molar-refractivity contribution in [3.8, 4) is 0 Å². The highest BCUT2D eigenvalue weighted by atomic mass is 35.5. The van der Waals surface area contributed by atoms with E-state index in [9.17, 15) is 9.59 Å². The number of hydrogen-bond donors (Lipinski definition) is 2. The minimum Gasteiger partial charge on any atom is -0.469 e. The van der Waals surface area contributed by atoms with E-state index in [1.165, 1.54) is 17.6 Å². The number of carbonyl (C=O) groups is 2. The van der Waals surface area contributed by atoms with Gasteiger partial charge in [0.05, 0.1) is 27.6 Å². The van der Waals surface area contributed by atoms with Gasteiger partial charge in [-0.05, 0) is 49.7 Å². The van der Waals surface area contributed by atoms with Gasteiger partial charge in [-0.2, -0.15) is 5.10 Å². The molecule has 0 fully saturated rings. The first-order valence-electron chi connectivity index (χ1n) is 9.52. The lowest BCUT2D eigenvalue weighted by Gasteiger charge is -2.06. The minimum atomic E-state index is -0.411. The third kappa shape index (κ3) is 4.41. The first-order chi connectivity index (χ1) is 15.3. The number of anilines is 1. The maximum Gasteiger partial charge on any atom is 0.283 e. The summed E-state index contributed by atoms with van der Waals surface area (Å²) >= 11 is 13.8. The molecule has 6 nitrogen and oxygen atoms in total. The summed E-state index contributed by atoms with van der Waals surface area (Å²) in [6.07, 6.45) is 1.47. The second-order valence-corrected chi connectivity index (χ2v) is 8.76. The summed E-state index contributed by atoms with van der Waals surface area (Å²) in [7, 11) is 0. The van der Waals surface area contributed by atoms with Gasteiger partial charge in [0.1, 0.15) is 10.6 Å². The number of nitrogens with one attached hydrogen (secondary N) is 2. The fourth-order valence-corrected chi connectivity index (χ4v) is 4.93. The molecule has 2 heterocycles. The molecule has 2 amide bonds. The predicted octanol–water partition coefficient (Wildman–Crippen LogP) is 6.52. The maximum absolute atomic E-state index is 12.6. The van der Waals surface area contributed by atoms with Crippen LogP contribution in [0.3, 0.4) is 0 Å². The Morgan fingerprint density at radius 1 is 1.03 bits per heavy atom. The van der Waals surface area contributed by atoms with Crippen LogP contribution in [0.1, 0.15) is 38.3 Å². The average Bonchev–Trinajstić information content (AvgIpc) is 3.36. The molecular formula is C23H17Cl2N3O3S. The molecule has 0 bridgehead atoms. The van der Waals surface area contributed by atoms with Gasteiger partial charge in [-0.15, -0.1) is 11.3 Å². The topological polar surface area (TPSA) is 83.7 Å². The number of aryl methyl sites for hydroxylation is 1. The summed E-state index contributed by atoms with van der Waals surface area (Å²) in [6, 6.07) is 14.1. The molecule has 32 heavy (non-hydrogen) atoms. The summed E-state index contributed by atoms with van der Waals surface area (Å²) in [6.45, 7) is 3.50. The largest absolute Gasteiger partial charge is 0.469 e. The van der Waals surface area contributed by atoms with Crippen molar-refractivity contribution in [1.82, 2.24) is 5.43 Å². The lowest BCUT2D eigenvalue weighted by atomic mass is 10.1. The van der Waals surface area contributed by atoms with Gasteiger partial charge >= 0.3 is 0 Å². The molecule has 2 N–H and O–H groups in total. The van der Waals surface area contributed by atoms with E-state index in [-0.39, 0.29) is 5.91 Å². The van der Waals surface area contributed by atoms with E-state index in [0.29, 0.717) is 43.0 Å². The number of nitrogens with zero attached hydrogens (tertiary/aromatic N) is 1. The second kappa shape index (κ2) is 9.16. The molecule has 9 heteroatoms. The molecule has 0 unspecified atom stereocenters. The summed E-state index contributed by atoms with van der Waals surface area (Å²) in [4.78, 5) is 25.2. The third-order valence-corrected chi connectivity index (χ3v) is 6.76. The van der Waals surface area contributed by atoms with Crippen molar-refractivity contribution in [2.45, 2.75) is 13.8 Å². The molecule has 0 aliphatic rings. The zero-order valence-electron chi connectivity index (χ0n) is 17.0. The lowest BCUT2D eigenvalue weighted by molar-refractivity contribution is 0.0958. The Hall–Kier alpha value is -3.13. The smallest absolute Gasteiger partial charge is 0.283 e. The quantitative estimate of drug-likeness (QED) is 0.249. The zero-order valence-corrected chi connectivity index (χ0v) is 19.4. The van der Waals surface area contributed by atoms with Crippen molar-refractivity contribution >= 4 is 67.8 Å². The van der Waals surface area contributed by atoms with Crippen LogP contribution in [0.15, 0.2) is 64.3 Å². The Balaban J connectivity index is 1.45. The van der Waals surface area contributed by atoms with Crippen LogP contribution in [-0.2, 0) is 0 Å². The maximum atomic E-state index is 12.6. The molecule has 162 valence electrons. The van der Waals surface area contributed by atoms with Crippen molar-refractivity contribution < 1.29 is 14.0 Å². The molecular weight excluding hydrogens is 469 g/mol. The number of rotatable bonds is 5. The van der Waals surface area contributed by atoms with Gasteiger partial charge in [-0.1, -0.05) is 41.4 Å². The van der Waals surface area contributed by atoms with Gasteiger partial charge in [-0.3, -0.25) is 9.59 Å². The van der Waals surface area contributed by atoms with E-state index >= 15 is 0 Å². The molecule has 0 saturated heterocycles. The van der Waals surface area contributed by atoms with Crippen LogP contribution >= 0.6 is 34.5 Å². The number of amides is 2. The summed E-state index contributed by atoms with van der Waals surface area (Å²) in [5.74, 6) is -0.105. The van der Waals surface area contributed by atoms with Gasteiger partial charge in [-0.25, -0.2) is 5.43 Å². The molecule has 2 aromatic carbocycles. The molecule has 4 aromatic rings. The van der Waals surface area contributed by atoms with Crippen LogP contribution < -0.4 is 10.7 Å². The number of thiophene rings is 1. The van der Waals surface area contributed by atoms with E-state index in [4.69, 9.17) is 27.6 Å². The zero-order chi connectivity index (χ0) is 22.8. The molecule has 0 aliphatic carbocycles. The van der Waals surface area contributed by atoms with Gasteiger partial charge in [0.15, 0.2) is 0 Å². The summed E-state index contributed by atoms with van der Waals surface area (Å²) < 4.78 is 5.99.